The Morgan fingerprint density at radius 2 is 2.73 bits per heavy atom. The average molecular weight is 155 g/mol. The second-order valence-electron chi connectivity index (χ2n) is 2.60. The minimum atomic E-state index is -0.362. The molecule has 0 saturated carbocycles. The monoisotopic (exact) mass is 155 g/mol. The van der Waals surface area contributed by atoms with Crippen LogP contribution >= 0.6 is 0 Å². The van der Waals surface area contributed by atoms with Gasteiger partial charge in [-0.25, -0.2) is 4.79 Å². The van der Waals surface area contributed by atoms with Gasteiger partial charge in [-0.3, -0.25) is 0 Å². The van der Waals surface area contributed by atoms with E-state index in [9.17, 15) is 4.79 Å². The fourth-order valence-electron chi connectivity index (χ4n) is 1.31. The van der Waals surface area contributed by atoms with E-state index in [0.717, 1.165) is 19.5 Å². The molecule has 1 aromatic rings. The van der Waals surface area contributed by atoms with Crippen molar-refractivity contribution >= 4 is 0 Å². The summed E-state index contributed by atoms with van der Waals surface area (Å²) < 4.78 is 5.93. The molecule has 0 amide bonds. The molecule has 1 saturated heterocycles. The van der Waals surface area contributed by atoms with Crippen molar-refractivity contribution in [3.63, 3.8) is 0 Å². The lowest BCUT2D eigenvalue weighted by Gasteiger charge is -2.03. The van der Waals surface area contributed by atoms with Crippen molar-refractivity contribution < 1.29 is 4.42 Å². The van der Waals surface area contributed by atoms with Crippen molar-refractivity contribution in [3.8, 4) is 0 Å². The van der Waals surface area contributed by atoms with Crippen LogP contribution in [0.1, 0.15) is 12.5 Å². The summed E-state index contributed by atoms with van der Waals surface area (Å²) in [6.45, 7) is 1.76. The van der Waals surface area contributed by atoms with Gasteiger partial charge in [-0.05, 0) is 13.0 Å². The molecule has 5 nitrogen and oxygen atoms in total. The molecule has 0 aromatic carbocycles. The molecule has 60 valence electrons. The Kier molecular flexibility index (Phi) is 1.50. The molecule has 1 unspecified atom stereocenters. The zero-order valence-corrected chi connectivity index (χ0v) is 5.99. The van der Waals surface area contributed by atoms with Gasteiger partial charge >= 0.3 is 5.76 Å². The maximum Gasteiger partial charge on any atom is 0.437 e. The summed E-state index contributed by atoms with van der Waals surface area (Å²) >= 11 is 0. The highest BCUT2D eigenvalue weighted by molar-refractivity contribution is 4.75. The Morgan fingerprint density at radius 1 is 1.82 bits per heavy atom. The van der Waals surface area contributed by atoms with Crippen molar-refractivity contribution in [1.82, 2.24) is 15.1 Å². The first-order chi connectivity index (χ1) is 5.38. The Balaban J connectivity index is 2.28. The fourth-order valence-corrected chi connectivity index (χ4v) is 1.31. The molecule has 2 heterocycles. The molecular formula is C6H9N3O2. The van der Waals surface area contributed by atoms with E-state index < -0.39 is 0 Å². The topological polar surface area (TPSA) is 60.1 Å². The lowest BCUT2D eigenvalue weighted by atomic mass is 10.3. The van der Waals surface area contributed by atoms with E-state index >= 15 is 0 Å². The number of nitrogens with zero attached hydrogens (tertiary/aromatic N) is 2. The second kappa shape index (κ2) is 2.50. The SMILES string of the molecule is O=c1ocnn1C1CCNC1. The summed E-state index contributed by atoms with van der Waals surface area (Å²) in [7, 11) is 0. The Morgan fingerprint density at radius 3 is 3.27 bits per heavy atom. The van der Waals surface area contributed by atoms with Gasteiger partial charge in [0.1, 0.15) is 0 Å². The standard InChI is InChI=1S/C6H9N3O2/c10-6-9(8-4-11-6)5-1-2-7-3-5/h4-5,7H,1-3H2. The van der Waals surface area contributed by atoms with E-state index in [1.807, 2.05) is 0 Å². The van der Waals surface area contributed by atoms with Crippen LogP contribution in [0.2, 0.25) is 0 Å². The molecule has 0 bridgehead atoms. The van der Waals surface area contributed by atoms with E-state index in [2.05, 4.69) is 14.8 Å². The Bertz CT molecular complexity index is 284. The van der Waals surface area contributed by atoms with Crippen molar-refractivity contribution in [2.24, 2.45) is 0 Å². The van der Waals surface area contributed by atoms with Gasteiger partial charge in [-0.15, -0.1) is 5.10 Å². The smallest absolute Gasteiger partial charge is 0.395 e. The maximum absolute atomic E-state index is 10.9. The first kappa shape index (κ1) is 6.60. The lowest BCUT2D eigenvalue weighted by Crippen LogP contribution is -2.23. The highest BCUT2D eigenvalue weighted by Crippen LogP contribution is 2.09. The minimum Gasteiger partial charge on any atom is -0.395 e. The van der Waals surface area contributed by atoms with E-state index in [0.29, 0.717) is 0 Å². The summed E-state index contributed by atoms with van der Waals surface area (Å²) in [5, 5.41) is 6.94. The summed E-state index contributed by atoms with van der Waals surface area (Å²) in [6.07, 6.45) is 2.13. The molecule has 1 aliphatic rings. The van der Waals surface area contributed by atoms with Crippen LogP contribution in [0.4, 0.5) is 0 Å². The second-order valence-corrected chi connectivity index (χ2v) is 2.60. The van der Waals surface area contributed by atoms with Gasteiger partial charge in [0.15, 0.2) is 0 Å². The van der Waals surface area contributed by atoms with Gasteiger partial charge in [0.25, 0.3) is 0 Å². The van der Waals surface area contributed by atoms with Crippen LogP contribution in [0.15, 0.2) is 15.6 Å². The molecule has 1 N–H and O–H groups in total. The van der Waals surface area contributed by atoms with E-state index in [1.165, 1.54) is 11.1 Å². The molecular weight excluding hydrogens is 146 g/mol. The van der Waals surface area contributed by atoms with E-state index in [4.69, 9.17) is 0 Å². The summed E-state index contributed by atoms with van der Waals surface area (Å²) in [5.41, 5.74) is 0. The first-order valence-electron chi connectivity index (χ1n) is 3.61. The summed E-state index contributed by atoms with van der Waals surface area (Å²) in [5.74, 6) is -0.362. The van der Waals surface area contributed by atoms with Gasteiger partial charge < -0.3 is 9.73 Å². The zero-order chi connectivity index (χ0) is 7.68. The zero-order valence-electron chi connectivity index (χ0n) is 5.99. The number of hydrogen-bond acceptors (Lipinski definition) is 4. The molecule has 5 heteroatoms. The van der Waals surface area contributed by atoms with Crippen LogP contribution in [0.3, 0.4) is 0 Å². The highest BCUT2D eigenvalue weighted by Gasteiger charge is 2.19. The average Bonchev–Trinajstić information content (AvgIpc) is 2.55. The summed E-state index contributed by atoms with van der Waals surface area (Å²) in [4.78, 5) is 10.9. The van der Waals surface area contributed by atoms with Gasteiger partial charge in [-0.2, -0.15) is 4.68 Å². The third kappa shape index (κ3) is 1.07. The van der Waals surface area contributed by atoms with Crippen molar-refractivity contribution in [3.05, 3.63) is 16.9 Å². The van der Waals surface area contributed by atoms with Gasteiger partial charge in [0, 0.05) is 6.54 Å². The van der Waals surface area contributed by atoms with Gasteiger partial charge in [-0.1, -0.05) is 0 Å². The molecule has 1 atom stereocenters. The van der Waals surface area contributed by atoms with E-state index in [1.54, 1.807) is 0 Å². The minimum absolute atomic E-state index is 0.182. The lowest BCUT2D eigenvalue weighted by molar-refractivity contribution is 0.426. The number of rotatable bonds is 1. The Labute approximate surface area is 63.0 Å². The van der Waals surface area contributed by atoms with Crippen LogP contribution in [0.5, 0.6) is 0 Å². The number of hydrogen-bond donors (Lipinski definition) is 1. The van der Waals surface area contributed by atoms with Gasteiger partial charge in [0.05, 0.1) is 6.04 Å². The molecule has 2 rings (SSSR count). The number of nitrogens with one attached hydrogen (secondary N) is 1. The molecule has 0 aliphatic carbocycles. The number of aromatic nitrogens is 2. The van der Waals surface area contributed by atoms with Crippen LogP contribution in [0, 0.1) is 0 Å². The maximum atomic E-state index is 10.9. The first-order valence-corrected chi connectivity index (χ1v) is 3.61. The van der Waals surface area contributed by atoms with Crippen molar-refractivity contribution in [2.75, 3.05) is 13.1 Å². The predicted octanol–water partition coefficient (Wildman–Crippen LogP) is -0.629. The molecule has 0 radical (unpaired) electrons. The van der Waals surface area contributed by atoms with Crippen molar-refractivity contribution in [1.29, 1.82) is 0 Å². The third-order valence-corrected chi connectivity index (χ3v) is 1.89. The summed E-state index contributed by atoms with van der Waals surface area (Å²) in [6, 6.07) is 0.182. The van der Waals surface area contributed by atoms with Crippen molar-refractivity contribution in [2.45, 2.75) is 12.5 Å². The third-order valence-electron chi connectivity index (χ3n) is 1.89. The highest BCUT2D eigenvalue weighted by atomic mass is 16.4. The molecule has 1 aliphatic heterocycles. The molecule has 0 spiro atoms. The van der Waals surface area contributed by atoms with E-state index in [-0.39, 0.29) is 11.8 Å². The molecule has 1 fully saturated rings. The quantitative estimate of drug-likeness (QED) is 0.586. The van der Waals surface area contributed by atoms with Gasteiger partial charge in [0.2, 0.25) is 6.39 Å². The van der Waals surface area contributed by atoms with Crippen LogP contribution < -0.4 is 11.1 Å². The largest absolute Gasteiger partial charge is 0.437 e. The Hall–Kier alpha value is -1.10. The van der Waals surface area contributed by atoms with Crippen LogP contribution in [-0.2, 0) is 0 Å². The predicted molar refractivity (Wildman–Crippen MR) is 37.3 cm³/mol. The fraction of sp³-hybridized carbons (Fsp3) is 0.667. The van der Waals surface area contributed by atoms with Crippen LogP contribution in [-0.4, -0.2) is 22.9 Å². The molecule has 11 heavy (non-hydrogen) atoms. The van der Waals surface area contributed by atoms with Crippen LogP contribution in [0.25, 0.3) is 0 Å². The normalized spacial score (nSPS) is 24.2. The molecule has 1 aromatic heterocycles.